The molecule has 1 amide bonds. The molecule has 0 atom stereocenters. The molecule has 0 aliphatic carbocycles. The van der Waals surface area contributed by atoms with E-state index in [0.29, 0.717) is 25.4 Å². The molecule has 1 N–H and O–H groups in total. The maximum Gasteiger partial charge on any atom is 0.337 e. The third kappa shape index (κ3) is 4.63. The number of carbonyl (C=O) groups excluding carboxylic acids is 2. The van der Waals surface area contributed by atoms with Gasteiger partial charge in [0.1, 0.15) is 10.6 Å². The van der Waals surface area contributed by atoms with Gasteiger partial charge in [0.25, 0.3) is 5.91 Å². The molecule has 0 spiro atoms. The Balaban J connectivity index is 1.90. The molecule has 0 saturated carbocycles. The molecule has 1 aliphatic rings. The molecule has 3 rings (SSSR count). The average Bonchev–Trinajstić information content (AvgIpc) is 3.30. The van der Waals surface area contributed by atoms with Crippen molar-refractivity contribution in [1.29, 1.82) is 0 Å². The molecule has 1 saturated heterocycles. The third-order valence-electron chi connectivity index (χ3n) is 4.73. The number of benzene rings is 2. The summed E-state index contributed by atoms with van der Waals surface area (Å²) in [7, 11) is -2.48. The number of carbonyl (C=O) groups is 2. The Morgan fingerprint density at radius 3 is 2.43 bits per heavy atom. The molecule has 0 unspecified atom stereocenters. The Morgan fingerprint density at radius 2 is 1.77 bits per heavy atom. The predicted molar refractivity (Wildman–Crippen MR) is 111 cm³/mol. The summed E-state index contributed by atoms with van der Waals surface area (Å²) in [6.07, 6.45) is 1.63. The number of nitrogens with zero attached hydrogens (tertiary/aromatic N) is 1. The van der Waals surface area contributed by atoms with Crippen LogP contribution in [0.15, 0.2) is 47.4 Å². The molecule has 8 nitrogen and oxygen atoms in total. The van der Waals surface area contributed by atoms with Crippen molar-refractivity contribution in [2.75, 3.05) is 32.1 Å². The molecule has 30 heavy (non-hydrogen) atoms. The predicted octanol–water partition coefficient (Wildman–Crippen LogP) is 2.91. The SMILES string of the molecule is CCOc1ccc(NC(=O)c2cccc(C(=O)OC)c2)cc1S(=O)(=O)N1CCCC1. The first-order valence-corrected chi connectivity index (χ1v) is 11.1. The average molecular weight is 432 g/mol. The van der Waals surface area contributed by atoms with Gasteiger partial charge in [-0.05, 0) is 56.2 Å². The number of amides is 1. The van der Waals surface area contributed by atoms with Crippen LogP contribution in [0.2, 0.25) is 0 Å². The second-order valence-electron chi connectivity index (χ2n) is 6.73. The molecule has 2 aromatic carbocycles. The summed E-state index contributed by atoms with van der Waals surface area (Å²) in [6.45, 7) is 3.01. The number of esters is 1. The second kappa shape index (κ2) is 9.27. The lowest BCUT2D eigenvalue weighted by Crippen LogP contribution is -2.28. The van der Waals surface area contributed by atoms with Crippen LogP contribution >= 0.6 is 0 Å². The van der Waals surface area contributed by atoms with Crippen LogP contribution in [0, 0.1) is 0 Å². The van der Waals surface area contributed by atoms with Crippen molar-refractivity contribution in [2.45, 2.75) is 24.7 Å². The van der Waals surface area contributed by atoms with E-state index in [1.165, 1.54) is 29.6 Å². The van der Waals surface area contributed by atoms with Crippen molar-refractivity contribution in [3.8, 4) is 5.75 Å². The highest BCUT2D eigenvalue weighted by Gasteiger charge is 2.30. The topological polar surface area (TPSA) is 102 Å². The number of hydrogen-bond donors (Lipinski definition) is 1. The monoisotopic (exact) mass is 432 g/mol. The summed E-state index contributed by atoms with van der Waals surface area (Å²) in [6, 6.07) is 10.6. The molecule has 0 aromatic heterocycles. The van der Waals surface area contributed by atoms with Crippen LogP contribution in [0.3, 0.4) is 0 Å². The molecular formula is C21H24N2O6S. The number of anilines is 1. The first kappa shape index (κ1) is 21.8. The summed E-state index contributed by atoms with van der Waals surface area (Å²) in [5.41, 5.74) is 0.801. The maximum atomic E-state index is 13.1. The van der Waals surface area contributed by atoms with Gasteiger partial charge in [-0.3, -0.25) is 4.79 Å². The van der Waals surface area contributed by atoms with Crippen molar-refractivity contribution in [2.24, 2.45) is 0 Å². The Labute approximate surface area is 175 Å². The second-order valence-corrected chi connectivity index (χ2v) is 8.64. The van der Waals surface area contributed by atoms with Gasteiger partial charge in [0.15, 0.2) is 0 Å². The van der Waals surface area contributed by atoms with E-state index in [2.05, 4.69) is 10.1 Å². The van der Waals surface area contributed by atoms with Crippen LogP contribution in [0.4, 0.5) is 5.69 Å². The first-order valence-electron chi connectivity index (χ1n) is 9.63. The molecule has 160 valence electrons. The molecular weight excluding hydrogens is 408 g/mol. The minimum Gasteiger partial charge on any atom is -0.492 e. The Hall–Kier alpha value is -2.91. The first-order chi connectivity index (χ1) is 14.4. The van der Waals surface area contributed by atoms with Gasteiger partial charge in [-0.25, -0.2) is 13.2 Å². The van der Waals surface area contributed by atoms with E-state index in [9.17, 15) is 18.0 Å². The van der Waals surface area contributed by atoms with Gasteiger partial charge in [0.2, 0.25) is 10.0 Å². The molecule has 1 fully saturated rings. The van der Waals surface area contributed by atoms with Crippen LogP contribution in [0.5, 0.6) is 5.75 Å². The number of rotatable bonds is 7. The van der Waals surface area contributed by atoms with Crippen molar-refractivity contribution in [3.63, 3.8) is 0 Å². The van der Waals surface area contributed by atoms with E-state index in [-0.39, 0.29) is 21.8 Å². The fourth-order valence-electron chi connectivity index (χ4n) is 3.24. The molecule has 0 radical (unpaired) electrons. The molecule has 9 heteroatoms. The van der Waals surface area contributed by atoms with Crippen molar-refractivity contribution >= 4 is 27.6 Å². The summed E-state index contributed by atoms with van der Waals surface area (Å²) < 4.78 is 37.8. The van der Waals surface area contributed by atoms with Crippen LogP contribution in [-0.4, -0.2) is 51.4 Å². The maximum absolute atomic E-state index is 13.1. The number of ether oxygens (including phenoxy) is 2. The molecule has 2 aromatic rings. The van der Waals surface area contributed by atoms with Crippen LogP contribution in [0.25, 0.3) is 0 Å². The van der Waals surface area contributed by atoms with Crippen molar-refractivity contribution in [3.05, 3.63) is 53.6 Å². The fraction of sp³-hybridized carbons (Fsp3) is 0.333. The lowest BCUT2D eigenvalue weighted by Gasteiger charge is -2.19. The van der Waals surface area contributed by atoms with Gasteiger partial charge in [-0.15, -0.1) is 0 Å². The molecule has 0 bridgehead atoms. The lowest BCUT2D eigenvalue weighted by atomic mass is 10.1. The van der Waals surface area contributed by atoms with Crippen molar-refractivity contribution in [1.82, 2.24) is 4.31 Å². The number of nitrogens with one attached hydrogen (secondary N) is 1. The van der Waals surface area contributed by atoms with Gasteiger partial charge in [0, 0.05) is 24.3 Å². The Morgan fingerprint density at radius 1 is 1.07 bits per heavy atom. The van der Waals surface area contributed by atoms with Gasteiger partial charge in [-0.1, -0.05) is 6.07 Å². The van der Waals surface area contributed by atoms with E-state index in [0.717, 1.165) is 12.8 Å². The highest BCUT2D eigenvalue weighted by Crippen LogP contribution is 2.31. The summed E-state index contributed by atoms with van der Waals surface area (Å²) in [5.74, 6) is -0.783. The Kier molecular flexibility index (Phi) is 6.73. The Bertz CT molecular complexity index is 1050. The molecule has 1 heterocycles. The van der Waals surface area contributed by atoms with Crippen molar-refractivity contribution < 1.29 is 27.5 Å². The van der Waals surface area contributed by atoms with Crippen LogP contribution in [0.1, 0.15) is 40.5 Å². The zero-order valence-electron chi connectivity index (χ0n) is 16.9. The van der Waals surface area contributed by atoms with E-state index in [1.807, 2.05) is 0 Å². The smallest absolute Gasteiger partial charge is 0.337 e. The molecule has 1 aliphatic heterocycles. The highest BCUT2D eigenvalue weighted by atomic mass is 32.2. The van der Waals surface area contributed by atoms with Gasteiger partial charge in [0.05, 0.1) is 19.3 Å². The zero-order valence-corrected chi connectivity index (χ0v) is 17.7. The third-order valence-corrected chi connectivity index (χ3v) is 6.65. The summed E-state index contributed by atoms with van der Waals surface area (Å²) in [4.78, 5) is 24.4. The standard InChI is InChI=1S/C21H24N2O6S/c1-3-29-18-10-9-17(14-19(18)30(26,27)23-11-4-5-12-23)22-20(24)15-7-6-8-16(13-15)21(25)28-2/h6-10,13-14H,3-5,11-12H2,1-2H3,(H,22,24). The lowest BCUT2D eigenvalue weighted by molar-refractivity contribution is 0.0600. The largest absolute Gasteiger partial charge is 0.492 e. The van der Waals surface area contributed by atoms with Crippen LogP contribution < -0.4 is 10.1 Å². The summed E-state index contributed by atoms with van der Waals surface area (Å²) >= 11 is 0. The van der Waals surface area contributed by atoms with E-state index < -0.39 is 21.9 Å². The number of sulfonamides is 1. The van der Waals surface area contributed by atoms with Crippen LogP contribution in [-0.2, 0) is 14.8 Å². The van der Waals surface area contributed by atoms with E-state index in [4.69, 9.17) is 4.74 Å². The quantitative estimate of drug-likeness (QED) is 0.675. The minimum absolute atomic E-state index is 0.0207. The van der Waals surface area contributed by atoms with E-state index in [1.54, 1.807) is 31.2 Å². The summed E-state index contributed by atoms with van der Waals surface area (Å²) in [5, 5.41) is 2.69. The van der Waals surface area contributed by atoms with Gasteiger partial charge >= 0.3 is 5.97 Å². The zero-order chi connectivity index (χ0) is 21.7. The fourth-order valence-corrected chi connectivity index (χ4v) is 4.91. The van der Waals surface area contributed by atoms with Gasteiger partial charge in [-0.2, -0.15) is 4.31 Å². The minimum atomic E-state index is -3.74. The highest BCUT2D eigenvalue weighted by molar-refractivity contribution is 7.89. The number of hydrogen-bond acceptors (Lipinski definition) is 6. The number of methoxy groups -OCH3 is 1. The van der Waals surface area contributed by atoms with E-state index >= 15 is 0 Å². The normalized spacial score (nSPS) is 14.3. The van der Waals surface area contributed by atoms with Gasteiger partial charge < -0.3 is 14.8 Å².